The molecule has 2 heterocycles. The van der Waals surface area contributed by atoms with Gasteiger partial charge < -0.3 is 15.2 Å². The van der Waals surface area contributed by atoms with Gasteiger partial charge in [-0.3, -0.25) is 9.78 Å². The van der Waals surface area contributed by atoms with E-state index in [0.29, 0.717) is 22.9 Å². The minimum absolute atomic E-state index is 0.118. The number of halogens is 1. The molecule has 0 atom stereocenters. The lowest BCUT2D eigenvalue weighted by Gasteiger charge is -2.12. The lowest BCUT2D eigenvalue weighted by Crippen LogP contribution is -2.02. The summed E-state index contributed by atoms with van der Waals surface area (Å²) in [6.45, 7) is 3.77. The first-order chi connectivity index (χ1) is 13.4. The number of carbonyl (C=O) groups is 1. The molecule has 2 aromatic heterocycles. The molecular formula is C21H20FN3O3. The predicted molar refractivity (Wildman–Crippen MR) is 104 cm³/mol. The summed E-state index contributed by atoms with van der Waals surface area (Å²) >= 11 is 0. The van der Waals surface area contributed by atoms with Crippen LogP contribution in [-0.4, -0.2) is 21.0 Å². The molecule has 0 aliphatic heterocycles. The average Bonchev–Trinajstić information content (AvgIpc) is 2.65. The van der Waals surface area contributed by atoms with Crippen LogP contribution < -0.4 is 10.1 Å². The van der Waals surface area contributed by atoms with Crippen molar-refractivity contribution in [1.29, 1.82) is 0 Å². The van der Waals surface area contributed by atoms with Gasteiger partial charge >= 0.3 is 5.97 Å². The molecular weight excluding hydrogens is 361 g/mol. The second-order valence-electron chi connectivity index (χ2n) is 6.31. The Morgan fingerprint density at radius 2 is 2.04 bits per heavy atom. The molecule has 0 fully saturated rings. The van der Waals surface area contributed by atoms with E-state index in [1.54, 1.807) is 36.5 Å². The standard InChI is InChI=1S/C21H20FN3O3/c1-13-6-8-18(14(2)24-13)28-16-10-11-23-19(12-16)25-17-5-3-4-15(21(17)22)7-9-20(26)27/h3-6,8,10-12H,7,9H2,1-2H3,(H,23,25)(H,26,27). The summed E-state index contributed by atoms with van der Waals surface area (Å²) in [4.78, 5) is 19.3. The van der Waals surface area contributed by atoms with E-state index in [9.17, 15) is 9.18 Å². The first-order valence-corrected chi connectivity index (χ1v) is 8.77. The van der Waals surface area contributed by atoms with Gasteiger partial charge in [0.05, 0.1) is 11.4 Å². The number of ether oxygens (including phenoxy) is 1. The highest BCUT2D eigenvalue weighted by atomic mass is 19.1. The van der Waals surface area contributed by atoms with E-state index in [4.69, 9.17) is 9.84 Å². The number of anilines is 2. The third-order valence-electron chi connectivity index (χ3n) is 4.09. The molecule has 1 aromatic carbocycles. The van der Waals surface area contributed by atoms with Crippen LogP contribution in [0.4, 0.5) is 15.9 Å². The first-order valence-electron chi connectivity index (χ1n) is 8.77. The minimum Gasteiger partial charge on any atom is -0.481 e. The second-order valence-corrected chi connectivity index (χ2v) is 6.31. The number of rotatable bonds is 7. The van der Waals surface area contributed by atoms with Crippen molar-refractivity contribution in [1.82, 2.24) is 9.97 Å². The number of pyridine rings is 2. The minimum atomic E-state index is -0.967. The van der Waals surface area contributed by atoms with Crippen molar-refractivity contribution in [3.05, 3.63) is 71.4 Å². The zero-order chi connectivity index (χ0) is 20.1. The van der Waals surface area contributed by atoms with E-state index < -0.39 is 11.8 Å². The number of aromatic nitrogens is 2. The van der Waals surface area contributed by atoms with Crippen LogP contribution in [0.3, 0.4) is 0 Å². The molecule has 2 N–H and O–H groups in total. The van der Waals surface area contributed by atoms with E-state index in [0.717, 1.165) is 11.4 Å². The summed E-state index contributed by atoms with van der Waals surface area (Å²) in [6.07, 6.45) is 1.54. The Labute approximate surface area is 162 Å². The molecule has 0 saturated carbocycles. The van der Waals surface area contributed by atoms with Gasteiger partial charge in [-0.25, -0.2) is 9.37 Å². The van der Waals surface area contributed by atoms with Crippen LogP contribution in [0.2, 0.25) is 0 Å². The van der Waals surface area contributed by atoms with Crippen LogP contribution in [0.5, 0.6) is 11.5 Å². The maximum atomic E-state index is 14.6. The van der Waals surface area contributed by atoms with Gasteiger partial charge in [-0.2, -0.15) is 0 Å². The van der Waals surface area contributed by atoms with Crippen LogP contribution in [0, 0.1) is 19.7 Å². The molecule has 3 aromatic rings. The van der Waals surface area contributed by atoms with Gasteiger partial charge in [-0.05, 0) is 50.1 Å². The number of carboxylic acid groups (broad SMARTS) is 1. The maximum absolute atomic E-state index is 14.6. The molecule has 0 radical (unpaired) electrons. The van der Waals surface area contributed by atoms with Gasteiger partial charge in [0.1, 0.15) is 23.1 Å². The number of hydrogen-bond donors (Lipinski definition) is 2. The van der Waals surface area contributed by atoms with Crippen LogP contribution in [0.1, 0.15) is 23.4 Å². The predicted octanol–water partition coefficient (Wildman–Crippen LogP) is 4.79. The number of carboxylic acids is 1. The molecule has 0 aliphatic carbocycles. The topological polar surface area (TPSA) is 84.3 Å². The SMILES string of the molecule is Cc1ccc(Oc2ccnc(Nc3cccc(CCC(=O)O)c3F)c2)c(C)n1. The Balaban J connectivity index is 1.78. The van der Waals surface area contributed by atoms with Gasteiger partial charge in [0, 0.05) is 24.4 Å². The third-order valence-corrected chi connectivity index (χ3v) is 4.09. The number of benzene rings is 1. The highest BCUT2D eigenvalue weighted by Gasteiger charge is 2.11. The van der Waals surface area contributed by atoms with Gasteiger partial charge in [0.25, 0.3) is 0 Å². The Bertz CT molecular complexity index is 1010. The summed E-state index contributed by atoms with van der Waals surface area (Å²) in [5, 5.41) is 11.7. The monoisotopic (exact) mass is 381 g/mol. The van der Waals surface area contributed by atoms with Crippen molar-refractivity contribution in [2.24, 2.45) is 0 Å². The van der Waals surface area contributed by atoms with Crippen molar-refractivity contribution in [2.75, 3.05) is 5.32 Å². The van der Waals surface area contributed by atoms with Crippen LogP contribution in [0.25, 0.3) is 0 Å². The van der Waals surface area contributed by atoms with Crippen molar-refractivity contribution >= 4 is 17.5 Å². The lowest BCUT2D eigenvalue weighted by atomic mass is 10.1. The summed E-state index contributed by atoms with van der Waals surface area (Å²) in [5.74, 6) is 0.114. The fraction of sp³-hybridized carbons (Fsp3) is 0.190. The van der Waals surface area contributed by atoms with E-state index in [1.807, 2.05) is 26.0 Å². The van der Waals surface area contributed by atoms with E-state index in [1.165, 1.54) is 0 Å². The molecule has 0 amide bonds. The maximum Gasteiger partial charge on any atom is 0.303 e. The second kappa shape index (κ2) is 8.47. The number of aryl methyl sites for hydroxylation is 3. The van der Waals surface area contributed by atoms with Crippen molar-refractivity contribution in [3.8, 4) is 11.5 Å². The van der Waals surface area contributed by atoms with Crippen LogP contribution >= 0.6 is 0 Å². The Morgan fingerprint density at radius 3 is 2.79 bits per heavy atom. The largest absolute Gasteiger partial charge is 0.481 e. The van der Waals surface area contributed by atoms with Gasteiger partial charge in [-0.15, -0.1) is 0 Å². The number of nitrogens with zero attached hydrogens (tertiary/aromatic N) is 2. The average molecular weight is 381 g/mol. The van der Waals surface area contributed by atoms with Gasteiger partial charge in [-0.1, -0.05) is 12.1 Å². The highest BCUT2D eigenvalue weighted by molar-refractivity contribution is 5.67. The fourth-order valence-electron chi connectivity index (χ4n) is 2.70. The number of aliphatic carboxylic acids is 1. The first kappa shape index (κ1) is 19.3. The molecule has 6 nitrogen and oxygen atoms in total. The number of nitrogens with one attached hydrogen (secondary N) is 1. The number of hydrogen-bond acceptors (Lipinski definition) is 5. The molecule has 7 heteroatoms. The Kier molecular flexibility index (Phi) is 5.84. The zero-order valence-electron chi connectivity index (χ0n) is 15.6. The zero-order valence-corrected chi connectivity index (χ0v) is 15.6. The molecule has 0 spiro atoms. The van der Waals surface area contributed by atoms with Crippen LogP contribution in [-0.2, 0) is 11.2 Å². The van der Waals surface area contributed by atoms with E-state index in [-0.39, 0.29) is 18.5 Å². The molecule has 0 bridgehead atoms. The Morgan fingerprint density at radius 1 is 1.21 bits per heavy atom. The molecule has 0 aliphatic rings. The van der Waals surface area contributed by atoms with Crippen molar-refractivity contribution in [2.45, 2.75) is 26.7 Å². The molecule has 144 valence electrons. The van der Waals surface area contributed by atoms with E-state index in [2.05, 4.69) is 15.3 Å². The normalized spacial score (nSPS) is 10.5. The summed E-state index contributed by atoms with van der Waals surface area (Å²) in [7, 11) is 0. The summed E-state index contributed by atoms with van der Waals surface area (Å²) < 4.78 is 20.5. The van der Waals surface area contributed by atoms with Crippen molar-refractivity contribution < 1.29 is 19.0 Å². The smallest absolute Gasteiger partial charge is 0.303 e. The molecule has 0 unspecified atom stereocenters. The summed E-state index contributed by atoms with van der Waals surface area (Å²) in [6, 6.07) is 11.9. The van der Waals surface area contributed by atoms with Gasteiger partial charge in [0.2, 0.25) is 0 Å². The highest BCUT2D eigenvalue weighted by Crippen LogP contribution is 2.27. The molecule has 0 saturated heterocycles. The van der Waals surface area contributed by atoms with Gasteiger partial charge in [0.15, 0.2) is 0 Å². The van der Waals surface area contributed by atoms with Crippen LogP contribution in [0.15, 0.2) is 48.7 Å². The summed E-state index contributed by atoms with van der Waals surface area (Å²) in [5.41, 5.74) is 2.23. The molecule has 3 rings (SSSR count). The third kappa shape index (κ3) is 4.82. The Hall–Kier alpha value is -3.48. The lowest BCUT2D eigenvalue weighted by molar-refractivity contribution is -0.136. The quantitative estimate of drug-likeness (QED) is 0.612. The van der Waals surface area contributed by atoms with Crippen molar-refractivity contribution in [3.63, 3.8) is 0 Å². The fourth-order valence-corrected chi connectivity index (χ4v) is 2.70. The van der Waals surface area contributed by atoms with E-state index >= 15 is 0 Å². The molecule has 28 heavy (non-hydrogen) atoms.